The van der Waals surface area contributed by atoms with E-state index in [0.29, 0.717) is 0 Å². The van der Waals surface area contributed by atoms with Crippen molar-refractivity contribution in [2.45, 2.75) is 88.9 Å². The molecule has 0 spiro atoms. The number of hydrogen-bond acceptors (Lipinski definition) is 0. The smallest absolute Gasteiger partial charge is 0.00561 e. The molecule has 0 amide bonds. The molecular formula is C24H32. The molecule has 5 aliphatic carbocycles. The molecule has 7 atom stereocenters. The van der Waals surface area contributed by atoms with Crippen molar-refractivity contribution in [3.8, 4) is 0 Å². The predicted molar refractivity (Wildman–Crippen MR) is 99.6 cm³/mol. The number of rotatable bonds is 4. The summed E-state index contributed by atoms with van der Waals surface area (Å²) in [5.74, 6) is 7.16. The topological polar surface area (TPSA) is 0 Å². The van der Waals surface area contributed by atoms with Crippen LogP contribution in [0, 0.1) is 23.7 Å². The van der Waals surface area contributed by atoms with E-state index >= 15 is 0 Å². The molecule has 0 radical (unpaired) electrons. The second-order valence-corrected chi connectivity index (χ2v) is 9.91. The van der Waals surface area contributed by atoms with Gasteiger partial charge >= 0.3 is 0 Å². The van der Waals surface area contributed by atoms with E-state index in [1.54, 1.807) is 24.8 Å². The normalized spacial score (nSPS) is 43.8. The van der Waals surface area contributed by atoms with Crippen molar-refractivity contribution < 1.29 is 0 Å². The molecule has 5 aliphatic rings. The van der Waals surface area contributed by atoms with Crippen LogP contribution >= 0.6 is 0 Å². The third-order valence-electron chi connectivity index (χ3n) is 8.93. The van der Waals surface area contributed by atoms with E-state index in [0.717, 1.165) is 41.4 Å². The van der Waals surface area contributed by atoms with Gasteiger partial charge in [-0.3, -0.25) is 0 Å². The lowest BCUT2D eigenvalue weighted by Gasteiger charge is -2.46. The van der Waals surface area contributed by atoms with E-state index < -0.39 is 0 Å². The maximum atomic E-state index is 2.58. The zero-order valence-electron chi connectivity index (χ0n) is 15.3. The summed E-state index contributed by atoms with van der Waals surface area (Å²) in [4.78, 5) is 0. The van der Waals surface area contributed by atoms with Gasteiger partial charge < -0.3 is 0 Å². The van der Waals surface area contributed by atoms with Crippen molar-refractivity contribution in [3.05, 3.63) is 34.4 Å². The number of unbranched alkanes of at least 4 members (excludes halogenated alkanes) is 1. The highest BCUT2D eigenvalue weighted by atomic mass is 14.6. The SMILES string of the molecule is CCCCc1ccc2c(c1C1CC3CCC1C3)C1C3CCC(C3)C21. The quantitative estimate of drug-likeness (QED) is 0.590. The first-order chi connectivity index (χ1) is 11.8. The summed E-state index contributed by atoms with van der Waals surface area (Å²) in [7, 11) is 0. The van der Waals surface area contributed by atoms with Crippen molar-refractivity contribution in [2.24, 2.45) is 23.7 Å². The Morgan fingerprint density at radius 1 is 0.833 bits per heavy atom. The molecule has 4 bridgehead atoms. The predicted octanol–water partition coefficient (Wildman–Crippen LogP) is 6.54. The number of hydrogen-bond donors (Lipinski definition) is 0. The van der Waals surface area contributed by atoms with E-state index in [-0.39, 0.29) is 0 Å². The highest BCUT2D eigenvalue weighted by Gasteiger charge is 2.57. The van der Waals surface area contributed by atoms with Gasteiger partial charge in [0.15, 0.2) is 0 Å². The van der Waals surface area contributed by atoms with Crippen LogP contribution in [0.2, 0.25) is 0 Å². The number of benzene rings is 1. The fraction of sp³-hybridized carbons (Fsp3) is 0.750. The highest BCUT2D eigenvalue weighted by molar-refractivity contribution is 5.57. The minimum atomic E-state index is 0.950. The molecule has 4 fully saturated rings. The van der Waals surface area contributed by atoms with Gasteiger partial charge in [-0.05, 0) is 115 Å². The van der Waals surface area contributed by atoms with Crippen LogP contribution in [0.5, 0.6) is 0 Å². The monoisotopic (exact) mass is 320 g/mol. The van der Waals surface area contributed by atoms with Crippen LogP contribution in [0.25, 0.3) is 0 Å². The molecule has 7 unspecified atom stereocenters. The highest BCUT2D eigenvalue weighted by Crippen LogP contribution is 2.70. The molecule has 128 valence electrons. The Hall–Kier alpha value is -0.780. The average Bonchev–Trinajstić information content (AvgIpc) is 3.34. The number of aryl methyl sites for hydroxylation is 1. The Morgan fingerprint density at radius 3 is 2.42 bits per heavy atom. The Kier molecular flexibility index (Phi) is 3.07. The molecule has 0 aromatic heterocycles. The minimum absolute atomic E-state index is 0.950. The molecule has 1 aromatic rings. The standard InChI is InChI=1S/C24H32/c1-2-3-4-15-9-10-19-22-17-7-8-18(13-17)23(22)24(19)21(15)20-12-14-5-6-16(20)11-14/h9-10,14,16-18,20,22-23H,2-8,11-13H2,1H3. The van der Waals surface area contributed by atoms with E-state index in [4.69, 9.17) is 0 Å². The van der Waals surface area contributed by atoms with Crippen molar-refractivity contribution in [2.75, 3.05) is 0 Å². The van der Waals surface area contributed by atoms with Gasteiger partial charge in [-0.1, -0.05) is 31.9 Å². The summed E-state index contributed by atoms with van der Waals surface area (Å²) in [5.41, 5.74) is 7.46. The Bertz CT molecular complexity index is 671. The van der Waals surface area contributed by atoms with Crippen molar-refractivity contribution in [1.29, 1.82) is 0 Å². The molecule has 0 aliphatic heterocycles. The first-order valence-corrected chi connectivity index (χ1v) is 11.0. The summed E-state index contributed by atoms with van der Waals surface area (Å²) in [6.07, 6.45) is 14.9. The molecule has 0 heterocycles. The van der Waals surface area contributed by atoms with Gasteiger partial charge in [0.25, 0.3) is 0 Å². The summed E-state index contributed by atoms with van der Waals surface area (Å²) < 4.78 is 0. The largest absolute Gasteiger partial charge is 0.0654 e. The average molecular weight is 321 g/mol. The van der Waals surface area contributed by atoms with Crippen LogP contribution in [-0.2, 0) is 6.42 Å². The van der Waals surface area contributed by atoms with Crippen LogP contribution in [0.4, 0.5) is 0 Å². The van der Waals surface area contributed by atoms with E-state index in [1.165, 1.54) is 44.9 Å². The molecule has 6 rings (SSSR count). The molecule has 24 heavy (non-hydrogen) atoms. The maximum absolute atomic E-state index is 2.58. The van der Waals surface area contributed by atoms with E-state index in [9.17, 15) is 0 Å². The van der Waals surface area contributed by atoms with Gasteiger partial charge in [0.2, 0.25) is 0 Å². The summed E-state index contributed by atoms with van der Waals surface area (Å²) in [6, 6.07) is 5.16. The lowest BCUT2D eigenvalue weighted by Crippen LogP contribution is -2.33. The van der Waals surface area contributed by atoms with Gasteiger partial charge in [0.05, 0.1) is 0 Å². The van der Waals surface area contributed by atoms with Crippen LogP contribution in [0.3, 0.4) is 0 Å². The zero-order valence-corrected chi connectivity index (χ0v) is 15.3. The van der Waals surface area contributed by atoms with Crippen molar-refractivity contribution in [3.63, 3.8) is 0 Å². The molecule has 0 heteroatoms. The molecule has 0 N–H and O–H groups in total. The van der Waals surface area contributed by atoms with Gasteiger partial charge in [-0.2, -0.15) is 0 Å². The van der Waals surface area contributed by atoms with Crippen LogP contribution < -0.4 is 0 Å². The summed E-state index contributed by atoms with van der Waals surface area (Å²) in [6.45, 7) is 2.35. The van der Waals surface area contributed by atoms with Crippen LogP contribution in [0.1, 0.15) is 105 Å². The van der Waals surface area contributed by atoms with Crippen LogP contribution in [0.15, 0.2) is 12.1 Å². The van der Waals surface area contributed by atoms with Gasteiger partial charge in [0, 0.05) is 0 Å². The Labute approximate surface area is 147 Å². The first-order valence-electron chi connectivity index (χ1n) is 11.0. The Balaban J connectivity index is 1.46. The van der Waals surface area contributed by atoms with E-state index in [2.05, 4.69) is 19.1 Å². The Morgan fingerprint density at radius 2 is 1.67 bits per heavy atom. The third kappa shape index (κ3) is 1.76. The maximum Gasteiger partial charge on any atom is -0.00561 e. The number of fused-ring (bicyclic) bond motifs is 10. The molecular weight excluding hydrogens is 288 g/mol. The van der Waals surface area contributed by atoms with Crippen LogP contribution in [-0.4, -0.2) is 0 Å². The van der Waals surface area contributed by atoms with Crippen molar-refractivity contribution >= 4 is 0 Å². The van der Waals surface area contributed by atoms with E-state index in [1.807, 2.05) is 16.7 Å². The fourth-order valence-corrected chi connectivity index (χ4v) is 8.04. The molecule has 1 aromatic carbocycles. The third-order valence-corrected chi connectivity index (χ3v) is 8.93. The zero-order chi connectivity index (χ0) is 15.8. The summed E-state index contributed by atoms with van der Waals surface area (Å²) in [5, 5.41) is 0. The lowest BCUT2D eigenvalue weighted by atomic mass is 9.58. The second kappa shape index (κ2) is 5.12. The fourth-order valence-electron chi connectivity index (χ4n) is 8.04. The van der Waals surface area contributed by atoms with Gasteiger partial charge in [0.1, 0.15) is 0 Å². The first kappa shape index (κ1) is 14.4. The van der Waals surface area contributed by atoms with Gasteiger partial charge in [-0.15, -0.1) is 0 Å². The molecule has 0 saturated heterocycles. The minimum Gasteiger partial charge on any atom is -0.0654 e. The lowest BCUT2D eigenvalue weighted by molar-refractivity contribution is 0.313. The molecule has 4 saturated carbocycles. The van der Waals surface area contributed by atoms with Gasteiger partial charge in [-0.25, -0.2) is 0 Å². The molecule has 0 nitrogen and oxygen atoms in total. The summed E-state index contributed by atoms with van der Waals surface area (Å²) >= 11 is 0. The van der Waals surface area contributed by atoms with Crippen molar-refractivity contribution in [1.82, 2.24) is 0 Å². The second-order valence-electron chi connectivity index (χ2n) is 9.91.